The van der Waals surface area contributed by atoms with Crippen LogP contribution in [0.2, 0.25) is 0 Å². The monoisotopic (exact) mass is 393 g/mol. The first-order valence-electron chi connectivity index (χ1n) is 9.61. The molecular formula is C22H23N3O2S. The average molecular weight is 394 g/mol. The lowest BCUT2D eigenvalue weighted by atomic mass is 10.1. The van der Waals surface area contributed by atoms with Crippen LogP contribution in [0, 0.1) is 6.92 Å². The van der Waals surface area contributed by atoms with E-state index in [1.807, 2.05) is 66.4 Å². The summed E-state index contributed by atoms with van der Waals surface area (Å²) in [7, 11) is 0. The van der Waals surface area contributed by atoms with Crippen LogP contribution in [-0.4, -0.2) is 34.1 Å². The zero-order valence-electron chi connectivity index (χ0n) is 15.9. The Morgan fingerprint density at radius 3 is 2.43 bits per heavy atom. The number of likely N-dealkylation sites (tertiary alicyclic amines) is 1. The van der Waals surface area contributed by atoms with E-state index in [9.17, 15) is 4.79 Å². The Labute approximate surface area is 169 Å². The van der Waals surface area contributed by atoms with Crippen molar-refractivity contribution in [3.05, 3.63) is 65.7 Å². The van der Waals surface area contributed by atoms with Gasteiger partial charge in [-0.2, -0.15) is 0 Å². The van der Waals surface area contributed by atoms with Gasteiger partial charge in [0.05, 0.1) is 0 Å². The maximum atomic E-state index is 13.2. The average Bonchev–Trinajstić information content (AvgIpc) is 3.22. The highest BCUT2D eigenvalue weighted by molar-refractivity contribution is 8.00. The molecule has 1 fully saturated rings. The molecule has 0 unspecified atom stereocenters. The second kappa shape index (κ2) is 8.61. The highest BCUT2D eigenvalue weighted by Crippen LogP contribution is 2.37. The molecule has 1 saturated heterocycles. The van der Waals surface area contributed by atoms with Crippen LogP contribution in [-0.2, 0) is 4.79 Å². The highest BCUT2D eigenvalue weighted by Gasteiger charge is 2.29. The van der Waals surface area contributed by atoms with Crippen molar-refractivity contribution in [3.63, 3.8) is 0 Å². The molecule has 4 rings (SSSR count). The van der Waals surface area contributed by atoms with Crippen LogP contribution in [0.3, 0.4) is 0 Å². The van der Waals surface area contributed by atoms with Crippen LogP contribution in [0.15, 0.2) is 64.2 Å². The molecule has 28 heavy (non-hydrogen) atoms. The summed E-state index contributed by atoms with van der Waals surface area (Å²) in [5, 5.41) is 8.38. The van der Waals surface area contributed by atoms with Crippen molar-refractivity contribution in [2.45, 2.75) is 36.7 Å². The molecule has 0 N–H and O–H groups in total. The molecule has 0 bridgehead atoms. The molecule has 0 spiro atoms. The van der Waals surface area contributed by atoms with Crippen molar-refractivity contribution in [2.24, 2.45) is 0 Å². The number of amides is 1. The predicted octanol–water partition coefficient (Wildman–Crippen LogP) is 4.89. The summed E-state index contributed by atoms with van der Waals surface area (Å²) in [5.41, 5.74) is 3.01. The van der Waals surface area contributed by atoms with E-state index in [-0.39, 0.29) is 11.2 Å². The summed E-state index contributed by atoms with van der Waals surface area (Å²) in [4.78, 5) is 15.2. The van der Waals surface area contributed by atoms with Crippen molar-refractivity contribution < 1.29 is 9.21 Å². The SMILES string of the molecule is Cc1ccc(-c2nnc(S[C@@H](C(=O)N3CCCCC3)c3ccccc3)o2)cc1. The third-order valence-corrected chi connectivity index (χ3v) is 5.99. The summed E-state index contributed by atoms with van der Waals surface area (Å²) in [6.45, 7) is 3.68. The Balaban J connectivity index is 1.57. The summed E-state index contributed by atoms with van der Waals surface area (Å²) in [6, 6.07) is 17.8. The molecule has 0 radical (unpaired) electrons. The Kier molecular flexibility index (Phi) is 5.76. The highest BCUT2D eigenvalue weighted by atomic mass is 32.2. The zero-order chi connectivity index (χ0) is 19.3. The smallest absolute Gasteiger partial charge is 0.277 e. The third kappa shape index (κ3) is 4.28. The largest absolute Gasteiger partial charge is 0.411 e. The fourth-order valence-corrected chi connectivity index (χ4v) is 4.30. The summed E-state index contributed by atoms with van der Waals surface area (Å²) < 4.78 is 5.87. The van der Waals surface area contributed by atoms with Crippen molar-refractivity contribution in [1.82, 2.24) is 15.1 Å². The third-order valence-electron chi connectivity index (χ3n) is 4.92. The molecule has 0 saturated carbocycles. The van der Waals surface area contributed by atoms with Crippen LogP contribution < -0.4 is 0 Å². The summed E-state index contributed by atoms with van der Waals surface area (Å²) >= 11 is 1.33. The number of thioether (sulfide) groups is 1. The second-order valence-electron chi connectivity index (χ2n) is 7.03. The maximum Gasteiger partial charge on any atom is 0.277 e. The standard InChI is InChI=1S/C22H23N3O2S/c1-16-10-12-18(13-11-16)20-23-24-22(27-20)28-19(17-8-4-2-5-9-17)21(26)25-14-6-3-7-15-25/h2,4-5,8-13,19H,3,6-7,14-15H2,1H3/t19-/m1/s1. The van der Waals surface area contributed by atoms with Crippen molar-refractivity contribution in [1.29, 1.82) is 0 Å². The van der Waals surface area contributed by atoms with Gasteiger partial charge in [0.1, 0.15) is 5.25 Å². The number of carbonyl (C=O) groups is 1. The fraction of sp³-hybridized carbons (Fsp3) is 0.318. The minimum absolute atomic E-state index is 0.117. The van der Waals surface area contributed by atoms with Gasteiger partial charge in [-0.3, -0.25) is 4.79 Å². The number of aromatic nitrogens is 2. The van der Waals surface area contributed by atoms with Crippen LogP contribution in [0.25, 0.3) is 11.5 Å². The number of benzene rings is 2. The lowest BCUT2D eigenvalue weighted by Gasteiger charge is -2.29. The summed E-state index contributed by atoms with van der Waals surface area (Å²) in [6.07, 6.45) is 3.32. The van der Waals surface area contributed by atoms with Gasteiger partial charge in [-0.15, -0.1) is 10.2 Å². The lowest BCUT2D eigenvalue weighted by molar-refractivity contribution is -0.131. The number of hydrogen-bond donors (Lipinski definition) is 0. The molecule has 0 aliphatic carbocycles. The number of hydrogen-bond acceptors (Lipinski definition) is 5. The molecule has 6 heteroatoms. The molecule has 1 aliphatic rings. The lowest BCUT2D eigenvalue weighted by Crippen LogP contribution is -2.38. The minimum atomic E-state index is -0.384. The van der Waals surface area contributed by atoms with E-state index < -0.39 is 0 Å². The Morgan fingerprint density at radius 1 is 1.00 bits per heavy atom. The predicted molar refractivity (Wildman–Crippen MR) is 110 cm³/mol. The molecular weight excluding hydrogens is 370 g/mol. The molecule has 144 valence electrons. The van der Waals surface area contributed by atoms with Gasteiger partial charge in [0, 0.05) is 18.7 Å². The maximum absolute atomic E-state index is 13.2. The van der Waals surface area contributed by atoms with Gasteiger partial charge >= 0.3 is 0 Å². The van der Waals surface area contributed by atoms with Gasteiger partial charge in [-0.25, -0.2) is 0 Å². The molecule has 1 atom stereocenters. The van der Waals surface area contributed by atoms with E-state index in [1.165, 1.54) is 23.7 Å². The van der Waals surface area contributed by atoms with E-state index in [2.05, 4.69) is 10.2 Å². The van der Waals surface area contributed by atoms with E-state index >= 15 is 0 Å². The number of nitrogens with zero attached hydrogens (tertiary/aromatic N) is 3. The van der Waals surface area contributed by atoms with E-state index in [0.717, 1.165) is 37.1 Å². The molecule has 1 aromatic heterocycles. The zero-order valence-corrected chi connectivity index (χ0v) is 16.7. The van der Waals surface area contributed by atoms with Crippen LogP contribution in [0.5, 0.6) is 0 Å². The first-order chi connectivity index (χ1) is 13.7. The van der Waals surface area contributed by atoms with Crippen LogP contribution in [0.4, 0.5) is 0 Å². The molecule has 3 aromatic rings. The van der Waals surface area contributed by atoms with Gasteiger partial charge in [-0.1, -0.05) is 48.0 Å². The fourth-order valence-electron chi connectivity index (χ4n) is 3.34. The van der Waals surface area contributed by atoms with Crippen molar-refractivity contribution >= 4 is 17.7 Å². The van der Waals surface area contributed by atoms with E-state index in [4.69, 9.17) is 4.42 Å². The summed E-state index contributed by atoms with van der Waals surface area (Å²) in [5.74, 6) is 0.589. The van der Waals surface area contributed by atoms with Crippen molar-refractivity contribution in [2.75, 3.05) is 13.1 Å². The van der Waals surface area contributed by atoms with Crippen LogP contribution in [0.1, 0.15) is 35.6 Å². The number of aryl methyl sites for hydroxylation is 1. The van der Waals surface area contributed by atoms with Gasteiger partial charge in [0.15, 0.2) is 0 Å². The first-order valence-corrected chi connectivity index (χ1v) is 10.5. The number of piperidine rings is 1. The molecule has 2 aromatic carbocycles. The first kappa shape index (κ1) is 18.7. The Hall–Kier alpha value is -2.60. The van der Waals surface area contributed by atoms with Gasteiger partial charge in [0.25, 0.3) is 5.22 Å². The normalized spacial score (nSPS) is 15.4. The minimum Gasteiger partial charge on any atom is -0.411 e. The van der Waals surface area contributed by atoms with Gasteiger partial charge in [0.2, 0.25) is 11.8 Å². The number of rotatable bonds is 5. The Bertz CT molecular complexity index is 918. The number of carbonyl (C=O) groups excluding carboxylic acids is 1. The van der Waals surface area contributed by atoms with Crippen molar-refractivity contribution in [3.8, 4) is 11.5 Å². The second-order valence-corrected chi connectivity index (χ2v) is 8.09. The molecule has 1 amide bonds. The molecule has 1 aliphatic heterocycles. The molecule has 2 heterocycles. The van der Waals surface area contributed by atoms with E-state index in [1.54, 1.807) is 0 Å². The topological polar surface area (TPSA) is 59.2 Å². The van der Waals surface area contributed by atoms with Gasteiger partial charge < -0.3 is 9.32 Å². The van der Waals surface area contributed by atoms with E-state index in [0.29, 0.717) is 11.1 Å². The Morgan fingerprint density at radius 2 is 1.71 bits per heavy atom. The van der Waals surface area contributed by atoms with Crippen LogP contribution >= 0.6 is 11.8 Å². The quantitative estimate of drug-likeness (QED) is 0.578. The molecule has 5 nitrogen and oxygen atoms in total. The van der Waals surface area contributed by atoms with Gasteiger partial charge in [-0.05, 0) is 55.6 Å².